The Morgan fingerprint density at radius 2 is 1.90 bits per heavy atom. The zero-order valence-corrected chi connectivity index (χ0v) is 17.6. The summed E-state index contributed by atoms with van der Waals surface area (Å²) in [6.07, 6.45) is 5.27. The van der Waals surface area contributed by atoms with Crippen LogP contribution in [0.4, 0.5) is 0 Å². The molecule has 154 valence electrons. The highest BCUT2D eigenvalue weighted by Gasteiger charge is 2.24. The molecule has 5 heteroatoms. The summed E-state index contributed by atoms with van der Waals surface area (Å²) in [4.78, 5) is 28.8. The number of ether oxygens (including phenoxy) is 1. The molecule has 4 rings (SSSR count). The van der Waals surface area contributed by atoms with Crippen molar-refractivity contribution in [2.45, 2.75) is 39.5 Å². The van der Waals surface area contributed by atoms with Crippen molar-refractivity contribution in [3.8, 4) is 11.5 Å². The van der Waals surface area contributed by atoms with E-state index >= 15 is 0 Å². The smallest absolute Gasteiger partial charge is 0.251 e. The molecule has 1 amide bonds. The van der Waals surface area contributed by atoms with Crippen LogP contribution in [0.1, 0.15) is 46.3 Å². The quantitative estimate of drug-likeness (QED) is 0.609. The maximum Gasteiger partial charge on any atom is 0.251 e. The maximum absolute atomic E-state index is 12.2. The van der Waals surface area contributed by atoms with Crippen LogP contribution in [0, 0.1) is 19.8 Å². The SMILES string of the molecule is CNC(=O)c1cc2c(Oc3ccc(CC(=O)CC4CC4)c(C)c3)ccnc2cc1C. The lowest BCUT2D eigenvalue weighted by Crippen LogP contribution is -2.18. The predicted molar refractivity (Wildman–Crippen MR) is 117 cm³/mol. The first-order chi connectivity index (χ1) is 14.4. The van der Waals surface area contributed by atoms with E-state index in [1.165, 1.54) is 12.8 Å². The summed E-state index contributed by atoms with van der Waals surface area (Å²) in [5.74, 6) is 2.12. The number of nitrogens with zero attached hydrogens (tertiary/aromatic N) is 1. The molecule has 0 aliphatic heterocycles. The highest BCUT2D eigenvalue weighted by Crippen LogP contribution is 2.34. The zero-order valence-electron chi connectivity index (χ0n) is 17.6. The van der Waals surface area contributed by atoms with Crippen LogP contribution in [0.2, 0.25) is 0 Å². The highest BCUT2D eigenvalue weighted by molar-refractivity contribution is 6.00. The van der Waals surface area contributed by atoms with E-state index in [4.69, 9.17) is 4.74 Å². The van der Waals surface area contributed by atoms with E-state index in [0.717, 1.165) is 27.6 Å². The Hall–Kier alpha value is -3.21. The average Bonchev–Trinajstić information content (AvgIpc) is 3.53. The maximum atomic E-state index is 12.2. The number of carbonyl (C=O) groups is 2. The minimum absolute atomic E-state index is 0.139. The number of aromatic nitrogens is 1. The van der Waals surface area contributed by atoms with Crippen molar-refractivity contribution < 1.29 is 14.3 Å². The summed E-state index contributed by atoms with van der Waals surface area (Å²) in [5, 5.41) is 3.45. The molecule has 1 fully saturated rings. The molecule has 2 aromatic carbocycles. The summed E-state index contributed by atoms with van der Waals surface area (Å²) in [6, 6.07) is 11.3. The second-order valence-corrected chi connectivity index (χ2v) is 8.13. The minimum atomic E-state index is -0.139. The van der Waals surface area contributed by atoms with Gasteiger partial charge in [-0.1, -0.05) is 6.07 Å². The molecule has 30 heavy (non-hydrogen) atoms. The Kier molecular flexibility index (Phi) is 5.53. The Morgan fingerprint density at radius 3 is 2.60 bits per heavy atom. The molecule has 0 radical (unpaired) electrons. The van der Waals surface area contributed by atoms with Gasteiger partial charge in [0.25, 0.3) is 5.91 Å². The summed E-state index contributed by atoms with van der Waals surface area (Å²) in [6.45, 7) is 3.90. The number of fused-ring (bicyclic) bond motifs is 1. The molecule has 1 heterocycles. The molecular weight excluding hydrogens is 376 g/mol. The number of aryl methyl sites for hydroxylation is 2. The van der Waals surface area contributed by atoms with Gasteiger partial charge in [0.1, 0.15) is 17.3 Å². The van der Waals surface area contributed by atoms with Crippen LogP contribution in [0.15, 0.2) is 42.6 Å². The summed E-state index contributed by atoms with van der Waals surface area (Å²) in [5.41, 5.74) is 4.32. The number of nitrogens with one attached hydrogen (secondary N) is 1. The van der Waals surface area contributed by atoms with Crippen LogP contribution in [0.3, 0.4) is 0 Å². The standard InChI is InChI=1S/C25H26N2O3/c1-15-10-20(7-6-18(15)13-19(28)12-17-4-5-17)30-24-8-9-27-23-11-16(2)21(14-22(23)24)25(29)26-3/h6-11,14,17H,4-5,12-13H2,1-3H3,(H,26,29). The normalized spacial score (nSPS) is 13.3. The topological polar surface area (TPSA) is 68.3 Å². The Bertz CT molecular complexity index is 1130. The van der Waals surface area contributed by atoms with E-state index in [2.05, 4.69) is 10.3 Å². The zero-order chi connectivity index (χ0) is 21.3. The molecule has 3 aromatic rings. The lowest BCUT2D eigenvalue weighted by Gasteiger charge is -2.13. The minimum Gasteiger partial charge on any atom is -0.457 e. The third-order valence-electron chi connectivity index (χ3n) is 5.66. The Labute approximate surface area is 176 Å². The van der Waals surface area contributed by atoms with E-state index in [0.29, 0.717) is 41.6 Å². The van der Waals surface area contributed by atoms with Gasteiger partial charge in [-0.05, 0) is 79.6 Å². The number of Topliss-reactive ketones (excluding diaryl/α,β-unsaturated/α-hetero) is 1. The number of rotatable bonds is 7. The number of carbonyl (C=O) groups excluding carboxylic acids is 2. The van der Waals surface area contributed by atoms with Crippen molar-refractivity contribution >= 4 is 22.6 Å². The van der Waals surface area contributed by atoms with Gasteiger partial charge in [-0.25, -0.2) is 0 Å². The van der Waals surface area contributed by atoms with E-state index in [9.17, 15) is 9.59 Å². The van der Waals surface area contributed by atoms with Gasteiger partial charge in [0.15, 0.2) is 0 Å². The Morgan fingerprint density at radius 1 is 1.10 bits per heavy atom. The number of pyridine rings is 1. The van der Waals surface area contributed by atoms with Crippen LogP contribution in [-0.2, 0) is 11.2 Å². The van der Waals surface area contributed by atoms with Crippen LogP contribution < -0.4 is 10.1 Å². The summed E-state index contributed by atoms with van der Waals surface area (Å²) >= 11 is 0. The van der Waals surface area contributed by atoms with E-state index in [1.807, 2.05) is 44.2 Å². The molecule has 0 spiro atoms. The van der Waals surface area contributed by atoms with Crippen molar-refractivity contribution in [2.75, 3.05) is 7.05 Å². The molecule has 1 N–H and O–H groups in total. The summed E-state index contributed by atoms with van der Waals surface area (Å²) < 4.78 is 6.16. The fraction of sp³-hybridized carbons (Fsp3) is 0.320. The van der Waals surface area contributed by atoms with Crippen molar-refractivity contribution in [1.82, 2.24) is 10.3 Å². The predicted octanol–water partition coefficient (Wildman–Crippen LogP) is 4.92. The average molecular weight is 402 g/mol. The Balaban J connectivity index is 1.59. The monoisotopic (exact) mass is 402 g/mol. The number of hydrogen-bond donors (Lipinski definition) is 1. The van der Waals surface area contributed by atoms with E-state index in [1.54, 1.807) is 19.3 Å². The van der Waals surface area contributed by atoms with Crippen LogP contribution in [-0.4, -0.2) is 23.7 Å². The first-order valence-corrected chi connectivity index (χ1v) is 10.3. The molecule has 1 aliphatic carbocycles. The van der Waals surface area contributed by atoms with E-state index in [-0.39, 0.29) is 5.91 Å². The molecule has 1 aromatic heterocycles. The lowest BCUT2D eigenvalue weighted by molar-refractivity contribution is -0.118. The summed E-state index contributed by atoms with van der Waals surface area (Å²) in [7, 11) is 1.62. The fourth-order valence-corrected chi connectivity index (χ4v) is 3.73. The molecule has 5 nitrogen and oxygen atoms in total. The highest BCUT2D eigenvalue weighted by atomic mass is 16.5. The van der Waals surface area contributed by atoms with Gasteiger partial charge in [0.2, 0.25) is 0 Å². The van der Waals surface area contributed by atoms with Gasteiger partial charge in [-0.3, -0.25) is 14.6 Å². The van der Waals surface area contributed by atoms with Gasteiger partial charge in [-0.2, -0.15) is 0 Å². The van der Waals surface area contributed by atoms with Crippen molar-refractivity contribution in [1.29, 1.82) is 0 Å². The number of benzene rings is 2. The molecule has 0 bridgehead atoms. The second-order valence-electron chi connectivity index (χ2n) is 8.13. The molecule has 1 aliphatic rings. The van der Waals surface area contributed by atoms with Crippen LogP contribution in [0.5, 0.6) is 11.5 Å². The second kappa shape index (κ2) is 8.27. The number of amides is 1. The molecule has 0 atom stereocenters. The van der Waals surface area contributed by atoms with Crippen LogP contribution in [0.25, 0.3) is 10.9 Å². The molecule has 1 saturated carbocycles. The van der Waals surface area contributed by atoms with Gasteiger partial charge in [0.05, 0.1) is 5.52 Å². The molecular formula is C25H26N2O3. The van der Waals surface area contributed by atoms with Crippen molar-refractivity contribution in [3.05, 3.63) is 64.8 Å². The third kappa shape index (κ3) is 4.35. The number of ketones is 1. The first-order valence-electron chi connectivity index (χ1n) is 10.3. The lowest BCUT2D eigenvalue weighted by atomic mass is 10.0. The largest absolute Gasteiger partial charge is 0.457 e. The first kappa shape index (κ1) is 20.1. The molecule has 0 unspecified atom stereocenters. The third-order valence-corrected chi connectivity index (χ3v) is 5.66. The number of hydrogen-bond acceptors (Lipinski definition) is 4. The van der Waals surface area contributed by atoms with Crippen LogP contribution >= 0.6 is 0 Å². The van der Waals surface area contributed by atoms with Crippen molar-refractivity contribution in [2.24, 2.45) is 5.92 Å². The van der Waals surface area contributed by atoms with E-state index < -0.39 is 0 Å². The fourth-order valence-electron chi connectivity index (χ4n) is 3.73. The van der Waals surface area contributed by atoms with Gasteiger partial charge >= 0.3 is 0 Å². The van der Waals surface area contributed by atoms with Gasteiger partial charge < -0.3 is 10.1 Å². The molecule has 0 saturated heterocycles. The van der Waals surface area contributed by atoms with Gasteiger partial charge in [-0.15, -0.1) is 0 Å². The van der Waals surface area contributed by atoms with Crippen molar-refractivity contribution in [3.63, 3.8) is 0 Å². The van der Waals surface area contributed by atoms with Gasteiger partial charge in [0, 0.05) is 37.0 Å².